The molecule has 0 saturated carbocycles. The van der Waals surface area contributed by atoms with Crippen LogP contribution in [0.5, 0.6) is 0 Å². The number of nitrogens with zero attached hydrogens (tertiary/aromatic N) is 1. The smallest absolute Gasteiger partial charge is 0.257 e. The lowest BCUT2D eigenvalue weighted by Gasteiger charge is -2.33. The van der Waals surface area contributed by atoms with Gasteiger partial charge in [0, 0.05) is 6.54 Å². The van der Waals surface area contributed by atoms with E-state index in [9.17, 15) is 18.0 Å². The van der Waals surface area contributed by atoms with Crippen LogP contribution in [0.15, 0.2) is 36.4 Å². The zero-order valence-corrected chi connectivity index (χ0v) is 13.1. The van der Waals surface area contributed by atoms with Crippen molar-refractivity contribution in [2.24, 2.45) is 0 Å². The Bertz CT molecular complexity index is 762. The molecular weight excluding hydrogens is 319 g/mol. The normalized spacial score (nSPS) is 17.8. The van der Waals surface area contributed by atoms with Crippen molar-refractivity contribution in [1.29, 1.82) is 0 Å². The van der Waals surface area contributed by atoms with Crippen molar-refractivity contribution in [3.05, 3.63) is 70.5 Å². The molecule has 1 aliphatic rings. The molecule has 0 aromatic heterocycles. The third-order valence-electron chi connectivity index (χ3n) is 4.07. The van der Waals surface area contributed by atoms with Crippen LogP contribution in [0.25, 0.3) is 0 Å². The first-order valence-electron chi connectivity index (χ1n) is 7.58. The number of amides is 1. The SMILES string of the molecule is Cc1ccc(C2CN(C(=O)c3ccc(F)c(F)c3F)CCO2)cc1. The second-order valence-electron chi connectivity index (χ2n) is 5.74. The fourth-order valence-corrected chi connectivity index (χ4v) is 2.68. The molecular formula is C18H16F3NO2. The van der Waals surface area contributed by atoms with E-state index in [0.29, 0.717) is 0 Å². The van der Waals surface area contributed by atoms with Crippen molar-refractivity contribution < 1.29 is 22.7 Å². The lowest BCUT2D eigenvalue weighted by atomic mass is 10.1. The molecule has 0 aliphatic carbocycles. The Morgan fingerprint density at radius 3 is 2.50 bits per heavy atom. The van der Waals surface area contributed by atoms with Gasteiger partial charge in [-0.25, -0.2) is 13.2 Å². The standard InChI is InChI=1S/C18H16F3NO2/c1-11-2-4-12(5-3-11)15-10-22(8-9-24-15)18(23)13-6-7-14(19)17(21)16(13)20/h2-7,15H,8-10H2,1H3. The van der Waals surface area contributed by atoms with Crippen molar-refractivity contribution in [2.75, 3.05) is 19.7 Å². The second kappa shape index (κ2) is 6.65. The highest BCUT2D eigenvalue weighted by atomic mass is 19.2. The van der Waals surface area contributed by atoms with Crippen molar-refractivity contribution in [2.45, 2.75) is 13.0 Å². The first kappa shape index (κ1) is 16.5. The zero-order valence-electron chi connectivity index (χ0n) is 13.1. The van der Waals surface area contributed by atoms with Gasteiger partial charge in [-0.3, -0.25) is 4.79 Å². The Morgan fingerprint density at radius 1 is 1.08 bits per heavy atom. The zero-order chi connectivity index (χ0) is 17.3. The highest BCUT2D eigenvalue weighted by Gasteiger charge is 2.29. The van der Waals surface area contributed by atoms with Crippen LogP contribution in [0.3, 0.4) is 0 Å². The lowest BCUT2D eigenvalue weighted by molar-refractivity contribution is -0.0230. The topological polar surface area (TPSA) is 29.5 Å². The number of hydrogen-bond donors (Lipinski definition) is 0. The maximum atomic E-state index is 13.8. The van der Waals surface area contributed by atoms with Gasteiger partial charge in [0.25, 0.3) is 5.91 Å². The van der Waals surface area contributed by atoms with Gasteiger partial charge in [-0.2, -0.15) is 0 Å². The van der Waals surface area contributed by atoms with E-state index in [4.69, 9.17) is 4.74 Å². The van der Waals surface area contributed by atoms with Crippen molar-refractivity contribution in [3.8, 4) is 0 Å². The minimum atomic E-state index is -1.64. The molecule has 1 amide bonds. The molecule has 0 N–H and O–H groups in total. The summed E-state index contributed by atoms with van der Waals surface area (Å²) in [6.45, 7) is 2.74. The van der Waals surface area contributed by atoms with E-state index in [1.807, 2.05) is 31.2 Å². The predicted octanol–water partition coefficient (Wildman–Crippen LogP) is 3.63. The number of morpholine rings is 1. The summed E-state index contributed by atoms with van der Waals surface area (Å²) >= 11 is 0. The van der Waals surface area contributed by atoms with E-state index >= 15 is 0 Å². The van der Waals surface area contributed by atoms with Crippen LogP contribution < -0.4 is 0 Å². The molecule has 1 atom stereocenters. The molecule has 1 unspecified atom stereocenters. The molecule has 3 nitrogen and oxygen atoms in total. The van der Waals surface area contributed by atoms with E-state index in [0.717, 1.165) is 23.3 Å². The molecule has 0 radical (unpaired) electrons. The maximum absolute atomic E-state index is 13.8. The van der Waals surface area contributed by atoms with Crippen molar-refractivity contribution >= 4 is 5.91 Å². The minimum absolute atomic E-state index is 0.223. The number of benzene rings is 2. The van der Waals surface area contributed by atoms with E-state index in [1.165, 1.54) is 4.90 Å². The molecule has 6 heteroatoms. The number of hydrogen-bond acceptors (Lipinski definition) is 2. The summed E-state index contributed by atoms with van der Waals surface area (Å²) < 4.78 is 45.9. The highest BCUT2D eigenvalue weighted by molar-refractivity contribution is 5.94. The molecule has 1 heterocycles. The Balaban J connectivity index is 1.81. The summed E-state index contributed by atoms with van der Waals surface area (Å²) in [6.07, 6.45) is -0.336. The van der Waals surface area contributed by atoms with E-state index in [-0.39, 0.29) is 25.8 Å². The summed E-state index contributed by atoms with van der Waals surface area (Å²) in [7, 11) is 0. The van der Waals surface area contributed by atoms with Crippen LogP contribution in [0.1, 0.15) is 27.6 Å². The number of aryl methyl sites for hydroxylation is 1. The summed E-state index contributed by atoms with van der Waals surface area (Å²) in [4.78, 5) is 13.8. The fraction of sp³-hybridized carbons (Fsp3) is 0.278. The van der Waals surface area contributed by atoms with Gasteiger partial charge in [-0.15, -0.1) is 0 Å². The van der Waals surface area contributed by atoms with Crippen LogP contribution in [-0.4, -0.2) is 30.5 Å². The van der Waals surface area contributed by atoms with Gasteiger partial charge in [0.15, 0.2) is 17.5 Å². The first-order chi connectivity index (χ1) is 11.5. The third kappa shape index (κ3) is 3.14. The fourth-order valence-electron chi connectivity index (χ4n) is 2.68. The largest absolute Gasteiger partial charge is 0.370 e. The van der Waals surface area contributed by atoms with Gasteiger partial charge in [0.05, 0.1) is 18.7 Å². The molecule has 0 bridgehead atoms. The number of ether oxygens (including phenoxy) is 1. The summed E-state index contributed by atoms with van der Waals surface area (Å²) in [5.74, 6) is -5.09. The van der Waals surface area contributed by atoms with Crippen LogP contribution in [0.2, 0.25) is 0 Å². The van der Waals surface area contributed by atoms with Crippen LogP contribution >= 0.6 is 0 Å². The van der Waals surface area contributed by atoms with E-state index < -0.39 is 28.9 Å². The number of carbonyl (C=O) groups is 1. The predicted molar refractivity (Wildman–Crippen MR) is 82.1 cm³/mol. The van der Waals surface area contributed by atoms with Crippen LogP contribution in [0, 0.1) is 24.4 Å². The van der Waals surface area contributed by atoms with Crippen LogP contribution in [0.4, 0.5) is 13.2 Å². The number of halogens is 3. The summed E-state index contributed by atoms with van der Waals surface area (Å²) in [5.41, 5.74) is 1.54. The highest BCUT2D eigenvalue weighted by Crippen LogP contribution is 2.25. The molecule has 24 heavy (non-hydrogen) atoms. The Labute approximate surface area is 137 Å². The summed E-state index contributed by atoms with van der Waals surface area (Å²) in [6, 6.07) is 9.41. The molecule has 1 saturated heterocycles. The summed E-state index contributed by atoms with van der Waals surface area (Å²) in [5, 5.41) is 0. The van der Waals surface area contributed by atoms with E-state index in [2.05, 4.69) is 0 Å². The van der Waals surface area contributed by atoms with Gasteiger partial charge < -0.3 is 9.64 Å². The quantitative estimate of drug-likeness (QED) is 0.785. The number of rotatable bonds is 2. The van der Waals surface area contributed by atoms with Gasteiger partial charge >= 0.3 is 0 Å². The Morgan fingerprint density at radius 2 is 1.79 bits per heavy atom. The average Bonchev–Trinajstić information content (AvgIpc) is 2.60. The lowest BCUT2D eigenvalue weighted by Crippen LogP contribution is -2.42. The molecule has 3 rings (SSSR count). The van der Waals surface area contributed by atoms with Gasteiger partial charge in [0.1, 0.15) is 6.10 Å². The van der Waals surface area contributed by atoms with Crippen molar-refractivity contribution in [1.82, 2.24) is 4.90 Å². The van der Waals surface area contributed by atoms with Gasteiger partial charge in [-0.05, 0) is 24.6 Å². The third-order valence-corrected chi connectivity index (χ3v) is 4.07. The maximum Gasteiger partial charge on any atom is 0.257 e. The van der Waals surface area contributed by atoms with Crippen LogP contribution in [-0.2, 0) is 4.74 Å². The average molecular weight is 335 g/mol. The molecule has 2 aromatic carbocycles. The van der Waals surface area contributed by atoms with Crippen molar-refractivity contribution in [3.63, 3.8) is 0 Å². The molecule has 1 aliphatic heterocycles. The minimum Gasteiger partial charge on any atom is -0.370 e. The van der Waals surface area contributed by atoms with Gasteiger partial charge in [-0.1, -0.05) is 29.8 Å². The second-order valence-corrected chi connectivity index (χ2v) is 5.74. The van der Waals surface area contributed by atoms with E-state index in [1.54, 1.807) is 0 Å². The van der Waals surface area contributed by atoms with Gasteiger partial charge in [0.2, 0.25) is 0 Å². The first-order valence-corrected chi connectivity index (χ1v) is 7.58. The molecule has 1 fully saturated rings. The molecule has 126 valence electrons. The number of carbonyl (C=O) groups excluding carboxylic acids is 1. The Kier molecular flexibility index (Phi) is 4.57. The molecule has 0 spiro atoms. The Hall–Kier alpha value is -2.34. The monoisotopic (exact) mass is 335 g/mol. The molecule has 2 aromatic rings.